The van der Waals surface area contributed by atoms with Crippen molar-refractivity contribution in [2.45, 2.75) is 13.8 Å². The van der Waals surface area contributed by atoms with Crippen LogP contribution >= 0.6 is 0 Å². The fraction of sp³-hybridized carbons (Fsp3) is 0.818. The third kappa shape index (κ3) is 49.8. The molecule has 0 radical (unpaired) electrons. The quantitative estimate of drug-likeness (QED) is 0.436. The second-order valence-corrected chi connectivity index (χ2v) is 2.39. The number of aliphatic hydroxyl groups is 3. The lowest BCUT2D eigenvalue weighted by molar-refractivity contribution is 0.0370. The number of ether oxygens (including phenoxy) is 2. The summed E-state index contributed by atoms with van der Waals surface area (Å²) in [6, 6.07) is 0. The molecule has 5 nitrogen and oxygen atoms in total. The molecule has 16 heavy (non-hydrogen) atoms. The molecule has 0 unspecified atom stereocenters. The van der Waals surface area contributed by atoms with E-state index in [9.17, 15) is 0 Å². The summed E-state index contributed by atoms with van der Waals surface area (Å²) >= 11 is 0. The van der Waals surface area contributed by atoms with Gasteiger partial charge in [0.25, 0.3) is 0 Å². The molecule has 0 aliphatic rings. The number of hydrogen-bond donors (Lipinski definition) is 3. The predicted molar refractivity (Wildman–Crippen MR) is 64.4 cm³/mol. The van der Waals surface area contributed by atoms with Crippen molar-refractivity contribution in [1.82, 2.24) is 0 Å². The fourth-order valence-electron chi connectivity index (χ4n) is 0.429. The van der Waals surface area contributed by atoms with Crippen LogP contribution in [0.1, 0.15) is 13.8 Å². The highest BCUT2D eigenvalue weighted by molar-refractivity contribution is 4.51. The van der Waals surface area contributed by atoms with Crippen molar-refractivity contribution < 1.29 is 24.8 Å². The number of aliphatic hydroxyl groups excluding tert-OH is 3. The Labute approximate surface area is 98.3 Å². The van der Waals surface area contributed by atoms with Crippen LogP contribution in [0.25, 0.3) is 0 Å². The maximum Gasteiger partial charge on any atom is 0.0701 e. The summed E-state index contributed by atoms with van der Waals surface area (Å²) < 4.78 is 9.88. The van der Waals surface area contributed by atoms with Crippen molar-refractivity contribution >= 4 is 0 Å². The molecule has 0 rings (SSSR count). The van der Waals surface area contributed by atoms with Gasteiger partial charge in [0.1, 0.15) is 0 Å². The van der Waals surface area contributed by atoms with Crippen LogP contribution < -0.4 is 0 Å². The van der Waals surface area contributed by atoms with Crippen LogP contribution in [-0.4, -0.2) is 61.6 Å². The highest BCUT2D eigenvalue weighted by Crippen LogP contribution is 1.76. The van der Waals surface area contributed by atoms with Gasteiger partial charge >= 0.3 is 0 Å². The molecule has 0 aliphatic heterocycles. The van der Waals surface area contributed by atoms with Crippen LogP contribution in [0.15, 0.2) is 12.7 Å². The highest BCUT2D eigenvalue weighted by atomic mass is 16.5. The fourth-order valence-corrected chi connectivity index (χ4v) is 0.429. The molecule has 0 bridgehead atoms. The Hall–Kier alpha value is -0.460. The number of allylic oxidation sites excluding steroid dienone is 1. The molecule has 0 saturated carbocycles. The maximum absolute atomic E-state index is 8.26. The normalized spacial score (nSPS) is 8.31. The molecule has 0 saturated heterocycles. The summed E-state index contributed by atoms with van der Waals surface area (Å²) in [5.74, 6) is 0. The minimum atomic E-state index is -0.125. The SMILES string of the molecule is C=CC.CCOCCOCCO.OCCO. The van der Waals surface area contributed by atoms with E-state index in [4.69, 9.17) is 24.8 Å². The van der Waals surface area contributed by atoms with Crippen molar-refractivity contribution in [1.29, 1.82) is 0 Å². The Morgan fingerprint density at radius 2 is 1.38 bits per heavy atom. The molecule has 3 N–H and O–H groups in total. The Balaban J connectivity index is -0.000000201. The van der Waals surface area contributed by atoms with E-state index in [1.54, 1.807) is 6.08 Å². The molecule has 0 heterocycles. The first-order chi connectivity index (χ1) is 7.74. The van der Waals surface area contributed by atoms with E-state index in [0.717, 1.165) is 6.61 Å². The molecule has 0 amide bonds. The molecular weight excluding hydrogens is 212 g/mol. The van der Waals surface area contributed by atoms with Crippen molar-refractivity contribution in [3.63, 3.8) is 0 Å². The highest BCUT2D eigenvalue weighted by Gasteiger charge is 1.84. The first kappa shape index (κ1) is 20.9. The number of hydrogen-bond acceptors (Lipinski definition) is 5. The third-order valence-electron chi connectivity index (χ3n) is 0.912. The maximum atomic E-state index is 8.26. The van der Waals surface area contributed by atoms with Gasteiger partial charge in [-0.3, -0.25) is 0 Å². The lowest BCUT2D eigenvalue weighted by Crippen LogP contribution is -2.06. The van der Waals surface area contributed by atoms with Crippen molar-refractivity contribution in [3.05, 3.63) is 12.7 Å². The summed E-state index contributed by atoms with van der Waals surface area (Å²) in [5, 5.41) is 23.5. The van der Waals surface area contributed by atoms with Gasteiger partial charge in [0, 0.05) is 6.61 Å². The van der Waals surface area contributed by atoms with Gasteiger partial charge in [-0.2, -0.15) is 0 Å². The predicted octanol–water partition coefficient (Wildman–Crippen LogP) is 0.195. The average Bonchev–Trinajstić information content (AvgIpc) is 2.30. The monoisotopic (exact) mass is 238 g/mol. The first-order valence-electron chi connectivity index (χ1n) is 5.30. The average molecular weight is 238 g/mol. The molecule has 0 fully saturated rings. The Morgan fingerprint density at radius 1 is 0.938 bits per heavy atom. The first-order valence-corrected chi connectivity index (χ1v) is 5.30. The minimum absolute atomic E-state index is 0.0894. The smallest absolute Gasteiger partial charge is 0.0701 e. The van der Waals surface area contributed by atoms with E-state index in [0.29, 0.717) is 19.8 Å². The standard InChI is InChI=1S/C6H14O3.C3H6.C2H6O2/c1-2-8-5-6-9-4-3-7;1-3-2;3-1-2-4/h7H,2-6H2,1H3;3H,1H2,2H3;3-4H,1-2H2. The van der Waals surface area contributed by atoms with E-state index in [1.165, 1.54) is 0 Å². The summed E-state index contributed by atoms with van der Waals surface area (Å²) in [6.07, 6.45) is 1.75. The van der Waals surface area contributed by atoms with E-state index in [2.05, 4.69) is 6.58 Å². The lowest BCUT2D eigenvalue weighted by Gasteiger charge is -2.00. The van der Waals surface area contributed by atoms with E-state index in [-0.39, 0.29) is 19.8 Å². The molecule has 0 aromatic rings. The van der Waals surface area contributed by atoms with Crippen molar-refractivity contribution in [2.75, 3.05) is 46.2 Å². The van der Waals surface area contributed by atoms with Gasteiger partial charge in [-0.05, 0) is 13.8 Å². The van der Waals surface area contributed by atoms with Crippen LogP contribution in [0.5, 0.6) is 0 Å². The van der Waals surface area contributed by atoms with Crippen LogP contribution in [0, 0.1) is 0 Å². The summed E-state index contributed by atoms with van der Waals surface area (Å²) in [6.45, 7) is 9.36. The Morgan fingerprint density at radius 3 is 1.69 bits per heavy atom. The molecule has 5 heteroatoms. The van der Waals surface area contributed by atoms with Crippen molar-refractivity contribution in [2.24, 2.45) is 0 Å². The molecule has 0 atom stereocenters. The molecule has 0 aromatic heterocycles. The zero-order valence-electron chi connectivity index (χ0n) is 10.4. The zero-order chi connectivity index (χ0) is 13.1. The van der Waals surface area contributed by atoms with Gasteiger partial charge in [-0.1, -0.05) is 6.08 Å². The summed E-state index contributed by atoms with van der Waals surface area (Å²) in [5.41, 5.74) is 0. The van der Waals surface area contributed by atoms with E-state index >= 15 is 0 Å². The molecule has 0 aromatic carbocycles. The van der Waals surface area contributed by atoms with Gasteiger partial charge in [0.05, 0.1) is 39.6 Å². The lowest BCUT2D eigenvalue weighted by atomic mass is 10.7. The Bertz CT molecular complexity index is 90.4. The van der Waals surface area contributed by atoms with E-state index < -0.39 is 0 Å². The zero-order valence-corrected chi connectivity index (χ0v) is 10.4. The van der Waals surface area contributed by atoms with Crippen LogP contribution in [0.3, 0.4) is 0 Å². The van der Waals surface area contributed by atoms with Crippen LogP contribution in [-0.2, 0) is 9.47 Å². The van der Waals surface area contributed by atoms with E-state index in [1.807, 2.05) is 13.8 Å². The second kappa shape index (κ2) is 29.3. The molecule has 100 valence electrons. The van der Waals surface area contributed by atoms with Gasteiger partial charge in [-0.15, -0.1) is 6.58 Å². The van der Waals surface area contributed by atoms with Gasteiger partial charge in [-0.25, -0.2) is 0 Å². The summed E-state index contributed by atoms with van der Waals surface area (Å²) in [7, 11) is 0. The Kier molecular flexibility index (Phi) is 38.2. The summed E-state index contributed by atoms with van der Waals surface area (Å²) in [4.78, 5) is 0. The molecule has 0 spiro atoms. The van der Waals surface area contributed by atoms with Gasteiger partial charge < -0.3 is 24.8 Å². The van der Waals surface area contributed by atoms with Gasteiger partial charge in [0.2, 0.25) is 0 Å². The third-order valence-corrected chi connectivity index (χ3v) is 0.912. The molecule has 0 aliphatic carbocycles. The van der Waals surface area contributed by atoms with Crippen molar-refractivity contribution in [3.8, 4) is 0 Å². The van der Waals surface area contributed by atoms with Gasteiger partial charge in [0.15, 0.2) is 0 Å². The van der Waals surface area contributed by atoms with Crippen LogP contribution in [0.4, 0.5) is 0 Å². The number of rotatable bonds is 7. The molecular formula is C11H26O5. The minimum Gasteiger partial charge on any atom is -0.394 e. The topological polar surface area (TPSA) is 79.2 Å². The van der Waals surface area contributed by atoms with Crippen LogP contribution in [0.2, 0.25) is 0 Å². The second-order valence-electron chi connectivity index (χ2n) is 2.39. The largest absolute Gasteiger partial charge is 0.394 e.